The van der Waals surface area contributed by atoms with Gasteiger partial charge in [0, 0.05) is 24.2 Å². The van der Waals surface area contributed by atoms with Crippen molar-refractivity contribution in [3.8, 4) is 0 Å². The van der Waals surface area contributed by atoms with E-state index in [0.717, 1.165) is 5.56 Å². The van der Waals surface area contributed by atoms with Crippen LogP contribution in [0.2, 0.25) is 0 Å². The molecule has 0 aromatic carbocycles. The van der Waals surface area contributed by atoms with Crippen molar-refractivity contribution in [1.29, 1.82) is 0 Å². The van der Waals surface area contributed by atoms with Gasteiger partial charge in [-0.25, -0.2) is 4.79 Å². The van der Waals surface area contributed by atoms with Gasteiger partial charge in [0.25, 0.3) is 0 Å². The number of hydrogen-bond acceptors (Lipinski definition) is 4. The number of carbonyl (C=O) groups is 1. The monoisotopic (exact) mass is 192 g/mol. The van der Waals surface area contributed by atoms with Gasteiger partial charge in [-0.15, -0.1) is 0 Å². The first kappa shape index (κ1) is 10.4. The third-order valence-electron chi connectivity index (χ3n) is 1.67. The lowest BCUT2D eigenvalue weighted by Gasteiger charge is -2.01. The molecule has 1 aromatic heterocycles. The minimum absolute atomic E-state index is 0.342. The molecule has 1 unspecified atom stereocenters. The van der Waals surface area contributed by atoms with Crippen molar-refractivity contribution in [2.45, 2.75) is 13.0 Å². The van der Waals surface area contributed by atoms with Crippen LogP contribution in [0.5, 0.6) is 0 Å². The standard InChI is InChI=1S/C10H12N2O2/c1-8(10(13)14-2)12-7-9-4-3-5-11-6-9/h3-8H,1-2H3. The number of rotatable bonds is 3. The van der Waals surface area contributed by atoms with E-state index in [1.807, 2.05) is 12.1 Å². The van der Waals surface area contributed by atoms with Crippen molar-refractivity contribution in [2.75, 3.05) is 7.11 Å². The normalized spacial score (nSPS) is 12.7. The molecule has 0 N–H and O–H groups in total. The largest absolute Gasteiger partial charge is 0.467 e. The van der Waals surface area contributed by atoms with Gasteiger partial charge in [0.1, 0.15) is 6.04 Å². The molecule has 1 heterocycles. The quantitative estimate of drug-likeness (QED) is 0.531. The van der Waals surface area contributed by atoms with Gasteiger partial charge in [-0.05, 0) is 13.0 Å². The van der Waals surface area contributed by atoms with Gasteiger partial charge in [0.05, 0.1) is 7.11 Å². The van der Waals surface area contributed by atoms with Gasteiger partial charge in [0.2, 0.25) is 0 Å². The van der Waals surface area contributed by atoms with Crippen LogP contribution in [0.3, 0.4) is 0 Å². The summed E-state index contributed by atoms with van der Waals surface area (Å²) in [5.41, 5.74) is 0.864. The van der Waals surface area contributed by atoms with Crippen molar-refractivity contribution in [2.24, 2.45) is 4.99 Å². The third-order valence-corrected chi connectivity index (χ3v) is 1.67. The topological polar surface area (TPSA) is 51.5 Å². The summed E-state index contributed by atoms with van der Waals surface area (Å²) in [7, 11) is 1.35. The number of pyridine rings is 1. The van der Waals surface area contributed by atoms with Gasteiger partial charge in [0.15, 0.2) is 0 Å². The Labute approximate surface area is 82.6 Å². The molecule has 1 rings (SSSR count). The first-order chi connectivity index (χ1) is 6.74. The van der Waals surface area contributed by atoms with E-state index < -0.39 is 6.04 Å². The molecular weight excluding hydrogens is 180 g/mol. The van der Waals surface area contributed by atoms with Gasteiger partial charge in [-0.3, -0.25) is 9.98 Å². The maximum Gasteiger partial charge on any atom is 0.330 e. The summed E-state index contributed by atoms with van der Waals surface area (Å²) >= 11 is 0. The number of methoxy groups -OCH3 is 1. The van der Waals surface area contributed by atoms with Gasteiger partial charge >= 0.3 is 5.97 Å². The van der Waals surface area contributed by atoms with E-state index in [0.29, 0.717) is 0 Å². The molecule has 4 nitrogen and oxygen atoms in total. The predicted octanol–water partition coefficient (Wildman–Crippen LogP) is 1.06. The average Bonchev–Trinajstić information content (AvgIpc) is 2.26. The molecule has 4 heteroatoms. The van der Waals surface area contributed by atoms with E-state index in [2.05, 4.69) is 14.7 Å². The Balaban J connectivity index is 2.60. The molecule has 0 radical (unpaired) electrons. The van der Waals surface area contributed by atoms with Crippen LogP contribution < -0.4 is 0 Å². The zero-order chi connectivity index (χ0) is 10.4. The number of nitrogens with zero attached hydrogens (tertiary/aromatic N) is 2. The van der Waals surface area contributed by atoms with E-state index in [9.17, 15) is 4.79 Å². The minimum Gasteiger partial charge on any atom is -0.467 e. The fourth-order valence-electron chi connectivity index (χ4n) is 0.882. The van der Waals surface area contributed by atoms with Gasteiger partial charge in [-0.2, -0.15) is 0 Å². The highest BCUT2D eigenvalue weighted by atomic mass is 16.5. The molecule has 1 aromatic rings. The van der Waals surface area contributed by atoms with Crippen molar-refractivity contribution in [3.05, 3.63) is 30.1 Å². The molecule has 0 aliphatic heterocycles. The van der Waals surface area contributed by atoms with Crippen molar-refractivity contribution < 1.29 is 9.53 Å². The maximum atomic E-state index is 11.0. The predicted molar refractivity (Wildman–Crippen MR) is 53.3 cm³/mol. The van der Waals surface area contributed by atoms with Crippen LogP contribution in [0, 0.1) is 0 Å². The Hall–Kier alpha value is -1.71. The van der Waals surface area contributed by atoms with E-state index in [1.54, 1.807) is 25.5 Å². The Bertz CT molecular complexity index is 322. The van der Waals surface area contributed by atoms with Crippen LogP contribution in [0.4, 0.5) is 0 Å². The molecule has 1 atom stereocenters. The molecule has 0 amide bonds. The van der Waals surface area contributed by atoms with E-state index >= 15 is 0 Å². The highest BCUT2D eigenvalue weighted by Crippen LogP contribution is 1.95. The fourth-order valence-corrected chi connectivity index (χ4v) is 0.882. The second kappa shape index (κ2) is 5.11. The van der Waals surface area contributed by atoms with E-state index in [1.165, 1.54) is 7.11 Å². The smallest absolute Gasteiger partial charge is 0.330 e. The molecule has 0 saturated heterocycles. The first-order valence-electron chi connectivity index (χ1n) is 4.25. The summed E-state index contributed by atoms with van der Waals surface area (Å²) in [6.07, 6.45) is 4.96. The summed E-state index contributed by atoms with van der Waals surface area (Å²) in [6.45, 7) is 1.68. The highest BCUT2D eigenvalue weighted by molar-refractivity contribution is 5.83. The van der Waals surface area contributed by atoms with Crippen LogP contribution in [0.15, 0.2) is 29.5 Å². The van der Waals surface area contributed by atoms with Crippen molar-refractivity contribution in [1.82, 2.24) is 4.98 Å². The summed E-state index contributed by atoms with van der Waals surface area (Å²) in [5, 5.41) is 0. The molecule has 0 aliphatic carbocycles. The maximum absolute atomic E-state index is 11.0. The molecule has 0 saturated carbocycles. The van der Waals surface area contributed by atoms with Crippen LogP contribution >= 0.6 is 0 Å². The summed E-state index contributed by atoms with van der Waals surface area (Å²) in [5.74, 6) is -0.342. The van der Waals surface area contributed by atoms with E-state index in [-0.39, 0.29) is 5.97 Å². The number of aliphatic imine (C=N–C) groups is 1. The van der Waals surface area contributed by atoms with Crippen LogP contribution in [0.25, 0.3) is 0 Å². The number of carbonyl (C=O) groups excluding carboxylic acids is 1. The van der Waals surface area contributed by atoms with Crippen LogP contribution in [-0.2, 0) is 9.53 Å². The lowest BCUT2D eigenvalue weighted by molar-refractivity contribution is -0.141. The lowest BCUT2D eigenvalue weighted by Crippen LogP contribution is -2.16. The SMILES string of the molecule is COC(=O)C(C)N=Cc1cccnc1. The first-order valence-corrected chi connectivity index (χ1v) is 4.25. The second-order valence-corrected chi connectivity index (χ2v) is 2.76. The number of aromatic nitrogens is 1. The molecule has 0 spiro atoms. The zero-order valence-corrected chi connectivity index (χ0v) is 8.18. The summed E-state index contributed by atoms with van der Waals surface area (Å²) < 4.78 is 4.53. The van der Waals surface area contributed by atoms with Gasteiger partial charge in [-0.1, -0.05) is 6.07 Å². The van der Waals surface area contributed by atoms with Crippen LogP contribution in [0.1, 0.15) is 12.5 Å². The Kier molecular flexibility index (Phi) is 3.79. The average molecular weight is 192 g/mol. The number of esters is 1. The van der Waals surface area contributed by atoms with E-state index in [4.69, 9.17) is 0 Å². The minimum atomic E-state index is -0.472. The molecule has 0 bridgehead atoms. The number of ether oxygens (including phenoxy) is 1. The van der Waals surface area contributed by atoms with Crippen LogP contribution in [-0.4, -0.2) is 30.3 Å². The third kappa shape index (κ3) is 2.97. The second-order valence-electron chi connectivity index (χ2n) is 2.76. The Morgan fingerprint density at radius 1 is 1.71 bits per heavy atom. The molecule has 14 heavy (non-hydrogen) atoms. The van der Waals surface area contributed by atoms with Gasteiger partial charge < -0.3 is 4.74 Å². The number of hydrogen-bond donors (Lipinski definition) is 0. The summed E-state index contributed by atoms with van der Waals surface area (Å²) in [6, 6.07) is 3.20. The molecular formula is C10H12N2O2. The zero-order valence-electron chi connectivity index (χ0n) is 8.18. The Morgan fingerprint density at radius 2 is 2.50 bits per heavy atom. The fraction of sp³-hybridized carbons (Fsp3) is 0.300. The molecule has 74 valence electrons. The molecule has 0 fully saturated rings. The Morgan fingerprint density at radius 3 is 3.07 bits per heavy atom. The van der Waals surface area contributed by atoms with Crippen molar-refractivity contribution in [3.63, 3.8) is 0 Å². The lowest BCUT2D eigenvalue weighted by atomic mass is 10.3. The molecule has 0 aliphatic rings. The summed E-state index contributed by atoms with van der Waals surface area (Å²) in [4.78, 5) is 18.9. The highest BCUT2D eigenvalue weighted by Gasteiger charge is 2.09. The van der Waals surface area contributed by atoms with Crippen molar-refractivity contribution >= 4 is 12.2 Å².